The third kappa shape index (κ3) is 6.55. The van der Waals surface area contributed by atoms with Crippen LogP contribution in [-0.2, 0) is 18.9 Å². The lowest BCUT2D eigenvalue weighted by atomic mass is 10.1. The van der Waals surface area contributed by atoms with Crippen LogP contribution in [0.15, 0.2) is 0 Å². The fourth-order valence-electron chi connectivity index (χ4n) is 3.03. The minimum Gasteiger partial charge on any atom is -0.396 e. The summed E-state index contributed by atoms with van der Waals surface area (Å²) in [6, 6.07) is 0. The van der Waals surface area contributed by atoms with Crippen LogP contribution >= 0.6 is 0 Å². The molecule has 24 heavy (non-hydrogen) atoms. The molecule has 0 aromatic rings. The number of rotatable bonds is 6. The summed E-state index contributed by atoms with van der Waals surface area (Å²) in [6.07, 6.45) is 1.96. The van der Waals surface area contributed by atoms with Crippen molar-refractivity contribution in [3.05, 3.63) is 0 Å². The summed E-state index contributed by atoms with van der Waals surface area (Å²) in [5.74, 6) is -1.15. The summed E-state index contributed by atoms with van der Waals surface area (Å²) >= 11 is 0. The van der Waals surface area contributed by atoms with Crippen LogP contribution in [-0.4, -0.2) is 71.1 Å². The Bertz CT molecular complexity index is 325. The molecule has 144 valence electrons. The molecular weight excluding hydrogens is 316 g/mol. The zero-order valence-electron chi connectivity index (χ0n) is 15.5. The maximum absolute atomic E-state index is 8.99. The molecule has 0 saturated carbocycles. The standard InChI is InChI=1S/C9H18O3.C8H16O4/c1-4-5-7-8(6-10)12-9(2,3)11-7;1-8(2)11-6(3-4-9)7(5-10)12-8/h7-8,10H,4-6H2,1-3H3;6-7,9-10H,3-5H2,1-2H3/t7-,8+;6-,7+/m00/s1. The van der Waals surface area contributed by atoms with Crippen LogP contribution < -0.4 is 0 Å². The van der Waals surface area contributed by atoms with Crippen LogP contribution in [0.4, 0.5) is 0 Å². The van der Waals surface area contributed by atoms with Gasteiger partial charge in [0.1, 0.15) is 12.2 Å². The normalized spacial score (nSPS) is 34.0. The molecule has 4 atom stereocenters. The smallest absolute Gasteiger partial charge is 0.163 e. The van der Waals surface area contributed by atoms with Gasteiger partial charge in [-0.15, -0.1) is 0 Å². The molecule has 2 rings (SSSR count). The van der Waals surface area contributed by atoms with E-state index >= 15 is 0 Å². The summed E-state index contributed by atoms with van der Waals surface area (Å²) in [7, 11) is 0. The zero-order chi connectivity index (χ0) is 18.4. The van der Waals surface area contributed by atoms with Crippen molar-refractivity contribution in [1.82, 2.24) is 0 Å². The minimum absolute atomic E-state index is 0.0497. The van der Waals surface area contributed by atoms with Crippen LogP contribution in [0.2, 0.25) is 0 Å². The monoisotopic (exact) mass is 350 g/mol. The minimum atomic E-state index is -0.632. The Morgan fingerprint density at radius 3 is 1.38 bits per heavy atom. The second-order valence-electron chi connectivity index (χ2n) is 7.09. The van der Waals surface area contributed by atoms with Gasteiger partial charge in [-0.3, -0.25) is 0 Å². The van der Waals surface area contributed by atoms with Crippen LogP contribution in [0.25, 0.3) is 0 Å². The number of hydrogen-bond acceptors (Lipinski definition) is 7. The predicted octanol–water partition coefficient (Wildman–Crippen LogP) is 1.18. The molecule has 2 heterocycles. The van der Waals surface area contributed by atoms with Crippen molar-refractivity contribution in [1.29, 1.82) is 0 Å². The van der Waals surface area contributed by atoms with Gasteiger partial charge >= 0.3 is 0 Å². The SMILES string of the molecule is CC1(C)O[C@@H](CCO)[C@@H](CO)O1.CCC[C@@H]1OC(C)(C)O[C@@H]1CO. The molecular formula is C17H34O7. The third-order valence-electron chi connectivity index (χ3n) is 3.92. The van der Waals surface area contributed by atoms with Gasteiger partial charge in [-0.1, -0.05) is 13.3 Å². The van der Waals surface area contributed by atoms with Crippen molar-refractivity contribution in [2.75, 3.05) is 19.8 Å². The summed E-state index contributed by atoms with van der Waals surface area (Å²) in [6.45, 7) is 9.50. The van der Waals surface area contributed by atoms with E-state index in [4.69, 9.17) is 34.3 Å². The molecule has 0 radical (unpaired) electrons. The maximum atomic E-state index is 8.99. The van der Waals surface area contributed by atoms with E-state index < -0.39 is 11.6 Å². The Kier molecular flexibility index (Phi) is 8.55. The van der Waals surface area contributed by atoms with Gasteiger partial charge in [-0.05, 0) is 40.5 Å². The first-order valence-corrected chi connectivity index (χ1v) is 8.71. The Labute approximate surface area is 144 Å². The first kappa shape index (κ1) is 21.8. The molecule has 2 aliphatic rings. The Morgan fingerprint density at radius 1 is 0.667 bits per heavy atom. The first-order chi connectivity index (χ1) is 11.2. The van der Waals surface area contributed by atoms with Gasteiger partial charge in [-0.2, -0.15) is 0 Å². The largest absolute Gasteiger partial charge is 0.396 e. The van der Waals surface area contributed by atoms with Gasteiger partial charge in [0.25, 0.3) is 0 Å². The van der Waals surface area contributed by atoms with Crippen molar-refractivity contribution in [2.24, 2.45) is 0 Å². The molecule has 3 N–H and O–H groups in total. The van der Waals surface area contributed by atoms with Crippen molar-refractivity contribution >= 4 is 0 Å². The highest BCUT2D eigenvalue weighted by Crippen LogP contribution is 2.30. The zero-order valence-corrected chi connectivity index (χ0v) is 15.5. The van der Waals surface area contributed by atoms with E-state index in [0.29, 0.717) is 6.42 Å². The molecule has 2 aliphatic heterocycles. The molecule has 0 aliphatic carbocycles. The highest BCUT2D eigenvalue weighted by molar-refractivity contribution is 4.81. The van der Waals surface area contributed by atoms with Crippen molar-refractivity contribution in [3.63, 3.8) is 0 Å². The Morgan fingerprint density at radius 2 is 1.04 bits per heavy atom. The number of aliphatic hydroxyl groups is 3. The Hall–Kier alpha value is -0.280. The van der Waals surface area contributed by atoms with Gasteiger partial charge in [-0.25, -0.2) is 0 Å². The molecule has 0 amide bonds. The van der Waals surface area contributed by atoms with Crippen molar-refractivity contribution in [2.45, 2.75) is 89.9 Å². The Balaban J connectivity index is 0.000000240. The topological polar surface area (TPSA) is 97.6 Å². The highest BCUT2D eigenvalue weighted by Gasteiger charge is 2.40. The molecule has 0 spiro atoms. The average molecular weight is 350 g/mol. The molecule has 2 saturated heterocycles. The molecule has 0 bridgehead atoms. The molecule has 0 unspecified atom stereocenters. The molecule has 7 nitrogen and oxygen atoms in total. The van der Waals surface area contributed by atoms with Gasteiger partial charge in [0.15, 0.2) is 11.6 Å². The fraction of sp³-hybridized carbons (Fsp3) is 1.00. The lowest BCUT2D eigenvalue weighted by Gasteiger charge is -2.16. The lowest BCUT2D eigenvalue weighted by molar-refractivity contribution is -0.150. The van der Waals surface area contributed by atoms with Crippen LogP contribution in [0.3, 0.4) is 0 Å². The summed E-state index contributed by atoms with van der Waals surface area (Å²) in [5, 5.41) is 26.6. The molecule has 7 heteroatoms. The first-order valence-electron chi connectivity index (χ1n) is 8.71. The predicted molar refractivity (Wildman–Crippen MR) is 88.4 cm³/mol. The van der Waals surface area contributed by atoms with Gasteiger partial charge in [0, 0.05) is 6.61 Å². The van der Waals surface area contributed by atoms with Gasteiger partial charge < -0.3 is 34.3 Å². The van der Waals surface area contributed by atoms with E-state index in [1.807, 2.05) is 13.8 Å². The lowest BCUT2D eigenvalue weighted by Crippen LogP contribution is -2.27. The van der Waals surface area contributed by atoms with E-state index in [9.17, 15) is 0 Å². The number of ether oxygens (including phenoxy) is 4. The second-order valence-corrected chi connectivity index (χ2v) is 7.09. The maximum Gasteiger partial charge on any atom is 0.163 e. The quantitative estimate of drug-likeness (QED) is 0.662. The second kappa shape index (κ2) is 9.43. The van der Waals surface area contributed by atoms with E-state index in [2.05, 4.69) is 6.92 Å². The van der Waals surface area contributed by atoms with Crippen LogP contribution in [0.5, 0.6) is 0 Å². The van der Waals surface area contributed by atoms with Crippen LogP contribution in [0.1, 0.15) is 53.9 Å². The third-order valence-corrected chi connectivity index (χ3v) is 3.92. The van der Waals surface area contributed by atoms with Gasteiger partial charge in [0.2, 0.25) is 0 Å². The molecule has 0 aromatic heterocycles. The fourth-order valence-corrected chi connectivity index (χ4v) is 3.03. The van der Waals surface area contributed by atoms with Crippen molar-refractivity contribution in [3.8, 4) is 0 Å². The summed E-state index contributed by atoms with van der Waals surface area (Å²) in [4.78, 5) is 0. The van der Waals surface area contributed by atoms with Crippen molar-refractivity contribution < 1.29 is 34.3 Å². The average Bonchev–Trinajstić information content (AvgIpc) is 2.95. The molecule has 2 fully saturated rings. The summed E-state index contributed by atoms with van der Waals surface area (Å²) < 4.78 is 21.9. The van der Waals surface area contributed by atoms with E-state index in [1.165, 1.54) is 0 Å². The van der Waals surface area contributed by atoms with Gasteiger partial charge in [0.05, 0.1) is 25.4 Å². The molecule has 0 aromatic carbocycles. The number of hydrogen-bond donors (Lipinski definition) is 3. The highest BCUT2D eigenvalue weighted by atomic mass is 16.8. The summed E-state index contributed by atoms with van der Waals surface area (Å²) in [5.41, 5.74) is 0. The van der Waals surface area contributed by atoms with Crippen LogP contribution in [0, 0.1) is 0 Å². The van der Waals surface area contributed by atoms with E-state index in [1.54, 1.807) is 13.8 Å². The number of aliphatic hydroxyl groups excluding tert-OH is 3. The van der Waals surface area contributed by atoms with E-state index in [-0.39, 0.29) is 44.2 Å². The van der Waals surface area contributed by atoms with E-state index in [0.717, 1.165) is 12.8 Å².